The van der Waals surface area contributed by atoms with Crippen molar-refractivity contribution in [1.82, 2.24) is 20.0 Å². The predicted molar refractivity (Wildman–Crippen MR) is 104 cm³/mol. The van der Waals surface area contributed by atoms with Crippen LogP contribution in [0.15, 0.2) is 10.6 Å². The lowest BCUT2D eigenvalue weighted by Gasteiger charge is -2.38. The molecule has 2 aliphatic rings. The zero-order valence-electron chi connectivity index (χ0n) is 16.9. The molecule has 1 amide bonds. The number of aryl methyl sites for hydroxylation is 3. The van der Waals surface area contributed by atoms with Crippen molar-refractivity contribution in [1.29, 1.82) is 0 Å². The van der Waals surface area contributed by atoms with Gasteiger partial charge in [0.15, 0.2) is 5.82 Å². The molecule has 150 valence electrons. The quantitative estimate of drug-likeness (QED) is 0.805. The van der Waals surface area contributed by atoms with E-state index in [-0.39, 0.29) is 17.9 Å². The Bertz CT molecular complexity index is 838. The number of aromatic nitrogens is 3. The van der Waals surface area contributed by atoms with Gasteiger partial charge in [-0.2, -0.15) is 0 Å². The minimum absolute atomic E-state index is 0.00465. The fourth-order valence-corrected chi connectivity index (χ4v) is 4.36. The topological polar surface area (TPSA) is 81.4 Å². The van der Waals surface area contributed by atoms with Crippen LogP contribution in [-0.4, -0.2) is 45.7 Å². The molecule has 28 heavy (non-hydrogen) atoms. The van der Waals surface area contributed by atoms with Crippen LogP contribution in [0.3, 0.4) is 0 Å². The van der Waals surface area contributed by atoms with E-state index < -0.39 is 0 Å². The zero-order chi connectivity index (χ0) is 19.7. The molecule has 4 rings (SSSR count). The second-order valence-electron chi connectivity index (χ2n) is 7.89. The minimum Gasteiger partial charge on any atom is -0.381 e. The Kier molecular flexibility index (Phi) is 5.44. The Morgan fingerprint density at radius 3 is 2.61 bits per heavy atom. The summed E-state index contributed by atoms with van der Waals surface area (Å²) >= 11 is 0. The summed E-state index contributed by atoms with van der Waals surface area (Å²) in [6, 6.07) is 2.02. The fourth-order valence-electron chi connectivity index (χ4n) is 4.36. The van der Waals surface area contributed by atoms with Crippen molar-refractivity contribution in [3.05, 3.63) is 28.9 Å². The molecule has 0 saturated carbocycles. The first-order valence-electron chi connectivity index (χ1n) is 10.2. The van der Waals surface area contributed by atoms with Gasteiger partial charge < -0.3 is 14.2 Å². The van der Waals surface area contributed by atoms with Crippen LogP contribution in [0, 0.1) is 26.7 Å². The van der Waals surface area contributed by atoms with Crippen molar-refractivity contribution in [3.63, 3.8) is 0 Å². The number of hydrogen-bond donors (Lipinski definition) is 0. The number of rotatable bonds is 3. The van der Waals surface area contributed by atoms with Crippen molar-refractivity contribution in [2.45, 2.75) is 58.9 Å². The first kappa shape index (κ1) is 19.1. The van der Waals surface area contributed by atoms with Gasteiger partial charge in [-0.15, -0.1) is 0 Å². The standard InChI is InChI=1S/C21H28N4O3/c1-13-12-17(23-20(22-13)19-14(2)24-28-15(19)3)18-6-4-5-9-25(18)21(26)16-7-10-27-11-8-16/h12,16,18H,4-11H2,1-3H3. The number of carbonyl (C=O) groups excluding carboxylic acids is 1. The molecule has 2 aromatic rings. The summed E-state index contributed by atoms with van der Waals surface area (Å²) in [6.07, 6.45) is 4.72. The van der Waals surface area contributed by atoms with Crippen molar-refractivity contribution >= 4 is 5.91 Å². The summed E-state index contributed by atoms with van der Waals surface area (Å²) in [5.41, 5.74) is 3.45. The molecule has 0 bridgehead atoms. The molecule has 0 radical (unpaired) electrons. The van der Waals surface area contributed by atoms with Crippen LogP contribution in [0.1, 0.15) is 61.0 Å². The Labute approximate surface area is 165 Å². The average Bonchev–Trinajstić information content (AvgIpc) is 3.06. The fraction of sp³-hybridized carbons (Fsp3) is 0.619. The van der Waals surface area contributed by atoms with E-state index in [1.807, 2.05) is 26.8 Å². The van der Waals surface area contributed by atoms with Crippen LogP contribution < -0.4 is 0 Å². The minimum atomic E-state index is 0.00465. The van der Waals surface area contributed by atoms with E-state index in [1.54, 1.807) is 0 Å². The summed E-state index contributed by atoms with van der Waals surface area (Å²) in [4.78, 5) is 24.8. The lowest BCUT2D eigenvalue weighted by Crippen LogP contribution is -2.43. The number of hydrogen-bond acceptors (Lipinski definition) is 6. The first-order chi connectivity index (χ1) is 13.5. The molecule has 0 spiro atoms. The predicted octanol–water partition coefficient (Wildman–Crippen LogP) is 3.54. The van der Waals surface area contributed by atoms with E-state index in [0.717, 1.165) is 61.3 Å². The van der Waals surface area contributed by atoms with Crippen molar-refractivity contribution in [3.8, 4) is 11.4 Å². The third-order valence-electron chi connectivity index (χ3n) is 5.83. The molecule has 1 unspecified atom stereocenters. The lowest BCUT2D eigenvalue weighted by atomic mass is 9.93. The Morgan fingerprint density at radius 2 is 1.89 bits per heavy atom. The van der Waals surface area contributed by atoms with E-state index in [2.05, 4.69) is 15.0 Å². The molecular weight excluding hydrogens is 356 g/mol. The number of nitrogens with zero attached hydrogens (tertiary/aromatic N) is 4. The van der Waals surface area contributed by atoms with Gasteiger partial charge in [-0.3, -0.25) is 4.79 Å². The van der Waals surface area contributed by atoms with Gasteiger partial charge in [-0.1, -0.05) is 5.16 Å². The van der Waals surface area contributed by atoms with Crippen molar-refractivity contribution < 1.29 is 14.1 Å². The molecule has 7 heteroatoms. The third kappa shape index (κ3) is 3.68. The number of piperidine rings is 1. The highest BCUT2D eigenvalue weighted by Crippen LogP contribution is 2.34. The molecule has 7 nitrogen and oxygen atoms in total. The molecule has 0 aliphatic carbocycles. The largest absolute Gasteiger partial charge is 0.381 e. The van der Waals surface area contributed by atoms with Crippen LogP contribution in [0.4, 0.5) is 0 Å². The van der Waals surface area contributed by atoms with Gasteiger partial charge in [0.2, 0.25) is 5.91 Å². The normalized spacial score (nSPS) is 21.1. The third-order valence-corrected chi connectivity index (χ3v) is 5.83. The maximum atomic E-state index is 13.2. The van der Waals surface area contributed by atoms with Crippen LogP contribution in [-0.2, 0) is 9.53 Å². The van der Waals surface area contributed by atoms with Gasteiger partial charge in [0.25, 0.3) is 0 Å². The van der Waals surface area contributed by atoms with Crippen LogP contribution in [0.25, 0.3) is 11.4 Å². The maximum Gasteiger partial charge on any atom is 0.226 e. The maximum absolute atomic E-state index is 13.2. The van der Waals surface area contributed by atoms with Crippen LogP contribution in [0.5, 0.6) is 0 Å². The highest BCUT2D eigenvalue weighted by atomic mass is 16.5. The molecule has 2 fully saturated rings. The molecule has 0 N–H and O–H groups in total. The van der Waals surface area contributed by atoms with E-state index in [0.29, 0.717) is 24.8 Å². The Balaban J connectivity index is 1.67. The summed E-state index contributed by atoms with van der Waals surface area (Å²) < 4.78 is 10.7. The van der Waals surface area contributed by atoms with Gasteiger partial charge in [0.1, 0.15) is 5.76 Å². The number of ether oxygens (including phenoxy) is 1. The molecule has 2 saturated heterocycles. The highest BCUT2D eigenvalue weighted by Gasteiger charge is 2.34. The molecule has 4 heterocycles. The Hall–Kier alpha value is -2.28. The smallest absolute Gasteiger partial charge is 0.226 e. The molecule has 0 aromatic carbocycles. The van der Waals surface area contributed by atoms with Crippen LogP contribution >= 0.6 is 0 Å². The van der Waals surface area contributed by atoms with Gasteiger partial charge in [-0.05, 0) is 58.9 Å². The van der Waals surface area contributed by atoms with Gasteiger partial charge in [0.05, 0.1) is 23.0 Å². The number of carbonyl (C=O) groups is 1. The van der Waals surface area contributed by atoms with Crippen molar-refractivity contribution in [2.75, 3.05) is 19.8 Å². The molecule has 1 atom stereocenters. The summed E-state index contributed by atoms with van der Waals surface area (Å²) in [5.74, 6) is 1.67. The monoisotopic (exact) mass is 384 g/mol. The lowest BCUT2D eigenvalue weighted by molar-refractivity contribution is -0.142. The van der Waals surface area contributed by atoms with Gasteiger partial charge in [-0.25, -0.2) is 9.97 Å². The highest BCUT2D eigenvalue weighted by molar-refractivity contribution is 5.79. The second-order valence-corrected chi connectivity index (χ2v) is 7.89. The van der Waals surface area contributed by atoms with E-state index >= 15 is 0 Å². The first-order valence-corrected chi connectivity index (χ1v) is 10.2. The average molecular weight is 384 g/mol. The summed E-state index contributed by atoms with van der Waals surface area (Å²) in [5, 5.41) is 4.04. The number of amides is 1. The SMILES string of the molecule is Cc1cc(C2CCCCN2C(=O)C2CCOCC2)nc(-c2c(C)noc2C)n1. The van der Waals surface area contributed by atoms with E-state index in [1.165, 1.54) is 0 Å². The van der Waals surface area contributed by atoms with Crippen molar-refractivity contribution in [2.24, 2.45) is 5.92 Å². The summed E-state index contributed by atoms with van der Waals surface area (Å²) in [7, 11) is 0. The molecule has 2 aliphatic heterocycles. The van der Waals surface area contributed by atoms with E-state index in [4.69, 9.17) is 14.2 Å². The van der Waals surface area contributed by atoms with E-state index in [9.17, 15) is 4.79 Å². The van der Waals surface area contributed by atoms with Crippen LogP contribution in [0.2, 0.25) is 0 Å². The Morgan fingerprint density at radius 1 is 1.11 bits per heavy atom. The number of likely N-dealkylation sites (tertiary alicyclic amines) is 1. The second kappa shape index (κ2) is 7.99. The zero-order valence-corrected chi connectivity index (χ0v) is 16.9. The van der Waals surface area contributed by atoms with Gasteiger partial charge in [0, 0.05) is 31.4 Å². The summed E-state index contributed by atoms with van der Waals surface area (Å²) in [6.45, 7) is 7.90. The molecule has 2 aromatic heterocycles. The molecular formula is C21H28N4O3. The van der Waals surface area contributed by atoms with Gasteiger partial charge >= 0.3 is 0 Å².